The first-order valence-corrected chi connectivity index (χ1v) is 11.1. The molecule has 11 heteroatoms. The number of ketones is 1. The van der Waals surface area contributed by atoms with Gasteiger partial charge in [0.25, 0.3) is 10.8 Å². The Morgan fingerprint density at radius 3 is 2.53 bits per heavy atom. The minimum absolute atomic E-state index is 0.264. The summed E-state index contributed by atoms with van der Waals surface area (Å²) in [5, 5.41) is 0.459. The third-order valence-corrected chi connectivity index (χ3v) is 6.06. The molecule has 0 atom stereocenters. The molecule has 0 unspecified atom stereocenters. The zero-order chi connectivity index (χ0) is 24.4. The summed E-state index contributed by atoms with van der Waals surface area (Å²) >= 11 is 1.32. The van der Waals surface area contributed by atoms with Gasteiger partial charge >= 0.3 is 11.7 Å². The predicted molar refractivity (Wildman–Crippen MR) is 126 cm³/mol. The van der Waals surface area contributed by atoms with Crippen LogP contribution in [0.5, 0.6) is 0 Å². The zero-order valence-corrected chi connectivity index (χ0v) is 19.1. The molecule has 34 heavy (non-hydrogen) atoms. The third kappa shape index (κ3) is 4.37. The van der Waals surface area contributed by atoms with Gasteiger partial charge in [-0.2, -0.15) is 0 Å². The fraction of sp³-hybridized carbons (Fsp3) is 0.174. The average molecular weight is 481 g/mol. The number of benzene rings is 2. The molecule has 0 aliphatic heterocycles. The zero-order valence-electron chi connectivity index (χ0n) is 18.3. The number of rotatable bonds is 7. The molecule has 0 aliphatic rings. The van der Waals surface area contributed by atoms with Crippen molar-refractivity contribution >= 4 is 40.4 Å². The van der Waals surface area contributed by atoms with Gasteiger partial charge in [-0.25, -0.2) is 14.6 Å². The van der Waals surface area contributed by atoms with E-state index >= 15 is 0 Å². The molecular weight excluding hydrogens is 460 g/mol. The van der Waals surface area contributed by atoms with E-state index in [-0.39, 0.29) is 11.4 Å². The molecule has 10 nitrogen and oxygen atoms in total. The molecule has 2 N–H and O–H groups in total. The van der Waals surface area contributed by atoms with Crippen LogP contribution in [0.1, 0.15) is 26.3 Å². The summed E-state index contributed by atoms with van der Waals surface area (Å²) in [6, 6.07) is 14.2. The van der Waals surface area contributed by atoms with Gasteiger partial charge in [0.15, 0.2) is 12.2 Å². The summed E-state index contributed by atoms with van der Waals surface area (Å²) in [6.07, 6.45) is 0. The number of fused-ring (bicyclic) bond motifs is 1. The van der Waals surface area contributed by atoms with E-state index in [4.69, 9.17) is 14.9 Å². The molecule has 0 aliphatic carbocycles. The third-order valence-electron chi connectivity index (χ3n) is 5.19. The lowest BCUT2D eigenvalue weighted by Crippen LogP contribution is -2.42. The van der Waals surface area contributed by atoms with E-state index in [0.717, 1.165) is 14.7 Å². The Bertz CT molecular complexity index is 1500. The summed E-state index contributed by atoms with van der Waals surface area (Å²) in [7, 11) is 2.57. The number of anilines is 1. The maximum absolute atomic E-state index is 12.7. The Labute approximate surface area is 197 Å². The Kier molecular flexibility index (Phi) is 6.37. The van der Waals surface area contributed by atoms with Crippen molar-refractivity contribution < 1.29 is 18.7 Å². The number of Topliss-reactive ketones (excluding diaryl/α,β-unsaturated/α-hetero) is 1. The number of aromatic nitrogens is 3. The van der Waals surface area contributed by atoms with Crippen LogP contribution in [0, 0.1) is 0 Å². The molecule has 2 heterocycles. The molecule has 0 spiro atoms. The average Bonchev–Trinajstić information content (AvgIpc) is 3.27. The van der Waals surface area contributed by atoms with E-state index in [9.17, 15) is 19.2 Å². The number of thioether (sulfide) groups is 1. The van der Waals surface area contributed by atoms with Crippen molar-refractivity contribution in [3.8, 4) is 0 Å². The van der Waals surface area contributed by atoms with Gasteiger partial charge in [-0.3, -0.25) is 18.7 Å². The number of carbonyl (C=O) groups is 2. The van der Waals surface area contributed by atoms with Gasteiger partial charge in [0.1, 0.15) is 16.9 Å². The van der Waals surface area contributed by atoms with Gasteiger partial charge in [0, 0.05) is 19.8 Å². The molecule has 4 aromatic rings. The number of carbonyl (C=O) groups excluding carboxylic acids is 2. The van der Waals surface area contributed by atoms with Crippen LogP contribution in [0.25, 0.3) is 11.1 Å². The lowest BCUT2D eigenvalue weighted by molar-refractivity contribution is 0.0473. The fourth-order valence-corrected chi connectivity index (χ4v) is 4.14. The maximum atomic E-state index is 12.7. The predicted octanol–water partition coefficient (Wildman–Crippen LogP) is 2.14. The van der Waals surface area contributed by atoms with Crippen LogP contribution in [0.15, 0.2) is 67.8 Å². The highest BCUT2D eigenvalue weighted by molar-refractivity contribution is 7.98. The van der Waals surface area contributed by atoms with Gasteiger partial charge < -0.3 is 14.9 Å². The standard InChI is InChI=1S/C23H20N4O6S/c1-26-19(24)18(20(29)27(2)23(26)31)16(28)11-32-21(30)14-8-4-3-7-13(14)12-34-22-25-15-9-5-6-10-17(15)33-22/h3-10H,11-12,24H2,1-2H3. The monoisotopic (exact) mass is 480 g/mol. The van der Waals surface area contributed by atoms with E-state index in [1.165, 1.54) is 25.9 Å². The van der Waals surface area contributed by atoms with Crippen LogP contribution in [0.4, 0.5) is 5.82 Å². The van der Waals surface area contributed by atoms with Crippen LogP contribution in [0.3, 0.4) is 0 Å². The minimum Gasteiger partial charge on any atom is -0.454 e. The van der Waals surface area contributed by atoms with Gasteiger partial charge in [-0.1, -0.05) is 42.1 Å². The van der Waals surface area contributed by atoms with Crippen LogP contribution < -0.4 is 17.0 Å². The van der Waals surface area contributed by atoms with E-state index in [1.54, 1.807) is 24.3 Å². The van der Waals surface area contributed by atoms with Crippen LogP contribution in [0.2, 0.25) is 0 Å². The number of oxazole rings is 1. The first kappa shape index (κ1) is 23.1. The second kappa shape index (κ2) is 9.40. The van der Waals surface area contributed by atoms with E-state index in [0.29, 0.717) is 22.1 Å². The van der Waals surface area contributed by atoms with Crippen LogP contribution in [-0.4, -0.2) is 32.5 Å². The SMILES string of the molecule is Cn1c(N)c(C(=O)COC(=O)c2ccccc2CSc2nc3ccccc3o2)c(=O)n(C)c1=O. The number of nitrogens with two attached hydrogens (primary N) is 1. The molecule has 0 radical (unpaired) electrons. The first-order chi connectivity index (χ1) is 16.3. The number of ether oxygens (including phenoxy) is 1. The lowest BCUT2D eigenvalue weighted by Gasteiger charge is -2.11. The van der Waals surface area contributed by atoms with Crippen LogP contribution in [-0.2, 0) is 24.6 Å². The van der Waals surface area contributed by atoms with Gasteiger partial charge in [-0.15, -0.1) is 0 Å². The summed E-state index contributed by atoms with van der Waals surface area (Å²) in [6.45, 7) is -0.705. The number of para-hydroxylation sites is 2. The summed E-state index contributed by atoms with van der Waals surface area (Å²) in [5.41, 5.74) is 6.19. The Balaban J connectivity index is 1.48. The number of hydrogen-bond donors (Lipinski definition) is 1. The van der Waals surface area contributed by atoms with Crippen molar-refractivity contribution in [3.63, 3.8) is 0 Å². The highest BCUT2D eigenvalue weighted by Crippen LogP contribution is 2.27. The molecule has 0 fully saturated rings. The Morgan fingerprint density at radius 2 is 1.76 bits per heavy atom. The van der Waals surface area contributed by atoms with Crippen molar-refractivity contribution in [2.24, 2.45) is 14.1 Å². The van der Waals surface area contributed by atoms with Gasteiger partial charge in [0.2, 0.25) is 5.78 Å². The van der Waals surface area contributed by atoms with Crippen LogP contribution >= 0.6 is 11.8 Å². The smallest absolute Gasteiger partial charge is 0.338 e. The summed E-state index contributed by atoms with van der Waals surface area (Å²) in [5.74, 6) is -1.45. The van der Waals surface area contributed by atoms with Crippen molar-refractivity contribution in [1.29, 1.82) is 0 Å². The number of nitrogen functional groups attached to an aromatic ring is 1. The molecule has 0 saturated heterocycles. The normalized spacial score (nSPS) is 11.0. The van der Waals surface area contributed by atoms with E-state index in [2.05, 4.69) is 4.98 Å². The number of hydrogen-bond acceptors (Lipinski definition) is 9. The quantitative estimate of drug-likeness (QED) is 0.239. The second-order valence-electron chi connectivity index (χ2n) is 7.36. The molecular formula is C23H20N4O6S. The first-order valence-electron chi connectivity index (χ1n) is 10.1. The largest absolute Gasteiger partial charge is 0.454 e. The highest BCUT2D eigenvalue weighted by Gasteiger charge is 2.22. The summed E-state index contributed by atoms with van der Waals surface area (Å²) < 4.78 is 12.6. The molecule has 0 saturated carbocycles. The second-order valence-corrected chi connectivity index (χ2v) is 8.29. The molecule has 2 aromatic carbocycles. The molecule has 0 bridgehead atoms. The van der Waals surface area contributed by atoms with Crippen molar-refractivity contribution in [3.05, 3.63) is 86.1 Å². The number of esters is 1. The molecule has 0 amide bonds. The molecule has 2 aromatic heterocycles. The topological polar surface area (TPSA) is 139 Å². The van der Waals surface area contributed by atoms with Crippen molar-refractivity contribution in [1.82, 2.24) is 14.1 Å². The van der Waals surface area contributed by atoms with E-state index in [1.807, 2.05) is 24.3 Å². The summed E-state index contributed by atoms with van der Waals surface area (Å²) in [4.78, 5) is 54.0. The van der Waals surface area contributed by atoms with Crippen molar-refractivity contribution in [2.75, 3.05) is 12.3 Å². The highest BCUT2D eigenvalue weighted by atomic mass is 32.2. The van der Waals surface area contributed by atoms with Gasteiger partial charge in [0.05, 0.1) is 5.56 Å². The van der Waals surface area contributed by atoms with E-state index < -0.39 is 35.2 Å². The molecule has 174 valence electrons. The molecule has 4 rings (SSSR count). The van der Waals surface area contributed by atoms with Crippen molar-refractivity contribution in [2.45, 2.75) is 11.0 Å². The maximum Gasteiger partial charge on any atom is 0.338 e. The lowest BCUT2D eigenvalue weighted by atomic mass is 10.1. The van der Waals surface area contributed by atoms with Gasteiger partial charge in [-0.05, 0) is 23.8 Å². The number of nitrogens with zero attached hydrogens (tertiary/aromatic N) is 3. The Morgan fingerprint density at radius 1 is 1.06 bits per heavy atom. The fourth-order valence-electron chi connectivity index (χ4n) is 3.30. The Hall–Kier alpha value is -4.12. The minimum atomic E-state index is -0.850.